The summed E-state index contributed by atoms with van der Waals surface area (Å²) in [6.45, 7) is 1.37. The standard InChI is InChI=1S/C16H17NO/c1-17-16-14-8-4-2-6-12(14)10-18-11-13-7-3-5-9-15(13)16/h2-9,16-17H,10-11H2,1H3. The van der Waals surface area contributed by atoms with Crippen LogP contribution >= 0.6 is 0 Å². The number of hydrogen-bond acceptors (Lipinski definition) is 2. The minimum atomic E-state index is 0.251. The van der Waals surface area contributed by atoms with Gasteiger partial charge in [-0.1, -0.05) is 48.5 Å². The van der Waals surface area contributed by atoms with Crippen molar-refractivity contribution in [3.63, 3.8) is 0 Å². The average Bonchev–Trinajstić information content (AvgIpc) is 2.40. The fourth-order valence-corrected chi connectivity index (χ4v) is 2.64. The molecule has 0 unspecified atom stereocenters. The molecule has 0 aliphatic carbocycles. The van der Waals surface area contributed by atoms with E-state index in [9.17, 15) is 0 Å². The summed E-state index contributed by atoms with van der Waals surface area (Å²) in [4.78, 5) is 0. The lowest BCUT2D eigenvalue weighted by atomic mass is 9.91. The van der Waals surface area contributed by atoms with Crippen molar-refractivity contribution in [1.29, 1.82) is 0 Å². The van der Waals surface area contributed by atoms with Gasteiger partial charge in [-0.05, 0) is 29.3 Å². The molecule has 92 valence electrons. The molecule has 2 aromatic rings. The molecular weight excluding hydrogens is 222 g/mol. The van der Waals surface area contributed by atoms with Gasteiger partial charge in [0.15, 0.2) is 0 Å². The van der Waals surface area contributed by atoms with Crippen LogP contribution in [0.15, 0.2) is 48.5 Å². The highest BCUT2D eigenvalue weighted by molar-refractivity contribution is 5.41. The predicted octanol–water partition coefficient (Wildman–Crippen LogP) is 3.03. The molecule has 18 heavy (non-hydrogen) atoms. The zero-order valence-electron chi connectivity index (χ0n) is 10.5. The number of ether oxygens (including phenoxy) is 1. The van der Waals surface area contributed by atoms with E-state index in [1.54, 1.807) is 0 Å². The minimum Gasteiger partial charge on any atom is -0.372 e. The Morgan fingerprint density at radius 3 is 1.89 bits per heavy atom. The van der Waals surface area contributed by atoms with Crippen LogP contribution in [0.1, 0.15) is 28.3 Å². The van der Waals surface area contributed by atoms with Crippen LogP contribution in [-0.2, 0) is 18.0 Å². The largest absolute Gasteiger partial charge is 0.372 e. The van der Waals surface area contributed by atoms with E-state index in [4.69, 9.17) is 4.74 Å². The highest BCUT2D eigenvalue weighted by Gasteiger charge is 2.20. The van der Waals surface area contributed by atoms with Crippen LogP contribution in [0.3, 0.4) is 0 Å². The van der Waals surface area contributed by atoms with Crippen molar-refractivity contribution in [2.75, 3.05) is 7.05 Å². The first-order valence-electron chi connectivity index (χ1n) is 6.31. The van der Waals surface area contributed by atoms with Crippen molar-refractivity contribution in [3.05, 3.63) is 70.8 Å². The van der Waals surface area contributed by atoms with E-state index >= 15 is 0 Å². The molecule has 2 aromatic carbocycles. The van der Waals surface area contributed by atoms with Gasteiger partial charge in [0.05, 0.1) is 19.3 Å². The Hall–Kier alpha value is -1.64. The zero-order chi connectivity index (χ0) is 12.4. The molecule has 1 heterocycles. The lowest BCUT2D eigenvalue weighted by Crippen LogP contribution is -2.22. The predicted molar refractivity (Wildman–Crippen MR) is 72.3 cm³/mol. The Morgan fingerprint density at radius 2 is 1.39 bits per heavy atom. The van der Waals surface area contributed by atoms with Gasteiger partial charge in [0.2, 0.25) is 0 Å². The van der Waals surface area contributed by atoms with Gasteiger partial charge in [0, 0.05) is 0 Å². The van der Waals surface area contributed by atoms with E-state index in [0.717, 1.165) is 0 Å². The summed E-state index contributed by atoms with van der Waals surface area (Å²) in [5.74, 6) is 0. The van der Waals surface area contributed by atoms with Crippen LogP contribution in [-0.4, -0.2) is 7.05 Å². The summed E-state index contributed by atoms with van der Waals surface area (Å²) < 4.78 is 5.79. The molecule has 0 saturated carbocycles. The van der Waals surface area contributed by atoms with Crippen LogP contribution in [0.4, 0.5) is 0 Å². The number of hydrogen-bond donors (Lipinski definition) is 1. The summed E-state index contributed by atoms with van der Waals surface area (Å²) in [5, 5.41) is 3.43. The average molecular weight is 239 g/mol. The minimum absolute atomic E-state index is 0.251. The molecule has 0 aromatic heterocycles. The van der Waals surface area contributed by atoms with Crippen molar-refractivity contribution in [1.82, 2.24) is 5.32 Å². The molecule has 1 aliphatic heterocycles. The topological polar surface area (TPSA) is 21.3 Å². The van der Waals surface area contributed by atoms with Gasteiger partial charge in [0.1, 0.15) is 0 Å². The quantitative estimate of drug-likeness (QED) is 0.826. The SMILES string of the molecule is CNC1c2ccccc2COCc2ccccc21. The molecule has 0 bridgehead atoms. The lowest BCUT2D eigenvalue weighted by molar-refractivity contribution is 0.104. The molecule has 0 atom stereocenters. The van der Waals surface area contributed by atoms with Gasteiger partial charge in [0.25, 0.3) is 0 Å². The number of fused-ring (bicyclic) bond motifs is 2. The van der Waals surface area contributed by atoms with Crippen molar-refractivity contribution in [2.45, 2.75) is 19.3 Å². The van der Waals surface area contributed by atoms with E-state index < -0.39 is 0 Å². The summed E-state index contributed by atoms with van der Waals surface area (Å²) in [7, 11) is 2.01. The van der Waals surface area contributed by atoms with Crippen LogP contribution in [0.2, 0.25) is 0 Å². The summed E-state index contributed by atoms with van der Waals surface area (Å²) in [6.07, 6.45) is 0. The molecule has 0 fully saturated rings. The van der Waals surface area contributed by atoms with Crippen LogP contribution in [0.25, 0.3) is 0 Å². The van der Waals surface area contributed by atoms with E-state index in [1.807, 2.05) is 7.05 Å². The van der Waals surface area contributed by atoms with Gasteiger partial charge in [-0.3, -0.25) is 0 Å². The van der Waals surface area contributed by atoms with Crippen molar-refractivity contribution >= 4 is 0 Å². The maximum atomic E-state index is 5.79. The molecular formula is C16H17NO. The second kappa shape index (κ2) is 4.92. The van der Waals surface area contributed by atoms with Crippen molar-refractivity contribution in [3.8, 4) is 0 Å². The fraction of sp³-hybridized carbons (Fsp3) is 0.250. The number of nitrogens with one attached hydrogen (secondary N) is 1. The molecule has 1 aliphatic rings. The van der Waals surface area contributed by atoms with Gasteiger partial charge in [-0.15, -0.1) is 0 Å². The smallest absolute Gasteiger partial charge is 0.0724 e. The maximum Gasteiger partial charge on any atom is 0.0724 e. The number of rotatable bonds is 1. The van der Waals surface area contributed by atoms with E-state index in [0.29, 0.717) is 13.2 Å². The van der Waals surface area contributed by atoms with Gasteiger partial charge < -0.3 is 10.1 Å². The number of benzene rings is 2. The third-order valence-electron chi connectivity index (χ3n) is 3.54. The van der Waals surface area contributed by atoms with Crippen LogP contribution < -0.4 is 5.32 Å². The van der Waals surface area contributed by atoms with Gasteiger partial charge in [-0.25, -0.2) is 0 Å². The molecule has 0 saturated heterocycles. The lowest BCUT2D eigenvalue weighted by Gasteiger charge is -2.25. The van der Waals surface area contributed by atoms with E-state index in [1.165, 1.54) is 22.3 Å². The Kier molecular flexibility index (Phi) is 3.13. The normalized spacial score (nSPS) is 15.4. The van der Waals surface area contributed by atoms with Crippen molar-refractivity contribution < 1.29 is 4.74 Å². The molecule has 1 N–H and O–H groups in total. The third-order valence-corrected chi connectivity index (χ3v) is 3.54. The highest BCUT2D eigenvalue weighted by atomic mass is 16.5. The molecule has 0 amide bonds. The summed E-state index contributed by atoms with van der Waals surface area (Å²) in [6, 6.07) is 17.2. The van der Waals surface area contributed by atoms with Crippen LogP contribution in [0, 0.1) is 0 Å². The van der Waals surface area contributed by atoms with Gasteiger partial charge in [-0.2, -0.15) is 0 Å². The first-order chi connectivity index (χ1) is 8.90. The first-order valence-corrected chi connectivity index (χ1v) is 6.31. The maximum absolute atomic E-state index is 5.79. The molecule has 0 radical (unpaired) electrons. The Morgan fingerprint density at radius 1 is 0.889 bits per heavy atom. The van der Waals surface area contributed by atoms with Crippen molar-refractivity contribution in [2.24, 2.45) is 0 Å². The first kappa shape index (κ1) is 11.5. The summed E-state index contributed by atoms with van der Waals surface area (Å²) in [5.41, 5.74) is 5.16. The molecule has 2 heteroatoms. The van der Waals surface area contributed by atoms with E-state index in [2.05, 4.69) is 53.8 Å². The fourth-order valence-electron chi connectivity index (χ4n) is 2.64. The van der Waals surface area contributed by atoms with Crippen LogP contribution in [0.5, 0.6) is 0 Å². The second-order valence-corrected chi connectivity index (χ2v) is 4.61. The van der Waals surface area contributed by atoms with E-state index in [-0.39, 0.29) is 6.04 Å². The zero-order valence-corrected chi connectivity index (χ0v) is 10.5. The monoisotopic (exact) mass is 239 g/mol. The Bertz CT molecular complexity index is 503. The molecule has 2 nitrogen and oxygen atoms in total. The molecule has 3 rings (SSSR count). The third kappa shape index (κ3) is 1.94. The highest BCUT2D eigenvalue weighted by Crippen LogP contribution is 2.30. The summed E-state index contributed by atoms with van der Waals surface area (Å²) >= 11 is 0. The Labute approximate surface area is 108 Å². The Balaban J connectivity index is 2.16. The molecule has 0 spiro atoms. The van der Waals surface area contributed by atoms with Gasteiger partial charge >= 0.3 is 0 Å². The second-order valence-electron chi connectivity index (χ2n) is 4.61.